The Morgan fingerprint density at radius 2 is 1.84 bits per heavy atom. The molecule has 0 unspecified atom stereocenters. The van der Waals surface area contributed by atoms with Crippen LogP contribution in [-0.2, 0) is 9.53 Å². The van der Waals surface area contributed by atoms with Crippen molar-refractivity contribution in [2.75, 3.05) is 5.32 Å². The number of amides is 2. The molecule has 2 rings (SSSR count). The molecule has 0 spiro atoms. The van der Waals surface area contributed by atoms with Gasteiger partial charge in [0.2, 0.25) is 0 Å². The lowest BCUT2D eigenvalue weighted by atomic mass is 9.92. The Kier molecular flexibility index (Phi) is 9.66. The summed E-state index contributed by atoms with van der Waals surface area (Å²) < 4.78 is 6.56. The Labute approximate surface area is 199 Å². The number of carbonyl (C=O) groups is 3. The van der Waals surface area contributed by atoms with E-state index in [-0.39, 0.29) is 17.5 Å². The first-order valence-electron chi connectivity index (χ1n) is 9.89. The predicted molar refractivity (Wildman–Crippen MR) is 128 cm³/mol. The number of ether oxygens (including phenoxy) is 1. The number of benzene rings is 2. The summed E-state index contributed by atoms with van der Waals surface area (Å²) >= 11 is 2.11. The number of phenols is 1. The van der Waals surface area contributed by atoms with Crippen LogP contribution >= 0.6 is 22.6 Å². The van der Waals surface area contributed by atoms with E-state index in [1.54, 1.807) is 48.5 Å². The number of phenolic OH excluding ortho intramolecular Hbond substituents is 1. The quantitative estimate of drug-likeness (QED) is 0.115. The summed E-state index contributed by atoms with van der Waals surface area (Å²) in [6, 6.07) is 11.5. The lowest BCUT2D eigenvalue weighted by Gasteiger charge is -2.25. The molecule has 0 saturated carbocycles. The van der Waals surface area contributed by atoms with Crippen molar-refractivity contribution in [3.8, 4) is 5.75 Å². The normalized spacial score (nSPS) is 12.8. The summed E-state index contributed by atoms with van der Waals surface area (Å²) in [4.78, 5) is 35.1. The molecule has 0 saturated heterocycles. The van der Waals surface area contributed by atoms with Crippen molar-refractivity contribution in [1.29, 1.82) is 0 Å². The Hall–Kier alpha value is -2.92. The molecule has 2 aromatic rings. The second-order valence-corrected chi connectivity index (χ2v) is 8.47. The van der Waals surface area contributed by atoms with Crippen LogP contribution in [-0.4, -0.2) is 28.1 Å². The smallest absolute Gasteiger partial charge is 0.412 e. The monoisotopic (exact) mass is 552 g/mol. The number of nitrogens with one attached hydrogen (secondary N) is 2. The highest BCUT2D eigenvalue weighted by atomic mass is 127. The molecule has 2 amide bonds. The highest BCUT2D eigenvalue weighted by Gasteiger charge is 2.26. The van der Waals surface area contributed by atoms with E-state index in [9.17, 15) is 19.5 Å². The van der Waals surface area contributed by atoms with Crippen LogP contribution in [0.15, 0.2) is 54.6 Å². The number of rotatable bonds is 9. The van der Waals surface area contributed by atoms with Gasteiger partial charge in [0.1, 0.15) is 11.9 Å². The van der Waals surface area contributed by atoms with Gasteiger partial charge in [0.05, 0.1) is 0 Å². The Morgan fingerprint density at radius 1 is 1.16 bits per heavy atom. The topological polar surface area (TPSA) is 125 Å². The van der Waals surface area contributed by atoms with E-state index in [1.165, 1.54) is 18.5 Å². The number of aromatic hydroxyl groups is 1. The maximum atomic E-state index is 12.6. The van der Waals surface area contributed by atoms with Crippen LogP contribution in [0.25, 0.3) is 0 Å². The molecule has 170 valence electrons. The average molecular weight is 552 g/mol. The fourth-order valence-electron chi connectivity index (χ4n) is 3.03. The number of halogens is 1. The van der Waals surface area contributed by atoms with Crippen LogP contribution in [0.4, 0.5) is 10.5 Å². The third-order valence-electron chi connectivity index (χ3n) is 4.75. The molecular weight excluding hydrogens is 527 g/mol. The molecule has 0 aromatic heterocycles. The zero-order valence-corrected chi connectivity index (χ0v) is 19.8. The van der Waals surface area contributed by atoms with E-state index in [4.69, 9.17) is 9.94 Å². The number of allylic oxidation sites excluding steroid dienone is 1. The van der Waals surface area contributed by atoms with Crippen molar-refractivity contribution in [2.24, 2.45) is 5.92 Å². The Balaban J connectivity index is 2.15. The van der Waals surface area contributed by atoms with Crippen LogP contribution in [0.3, 0.4) is 0 Å². The second kappa shape index (κ2) is 12.2. The number of anilines is 1. The number of hydrogen-bond acceptors (Lipinski definition) is 6. The molecule has 8 nitrogen and oxygen atoms in total. The van der Waals surface area contributed by atoms with Crippen LogP contribution in [0, 0.1) is 9.49 Å². The maximum Gasteiger partial charge on any atom is 0.412 e. The third kappa shape index (κ3) is 7.65. The van der Waals surface area contributed by atoms with Crippen LogP contribution in [0.1, 0.15) is 48.7 Å². The van der Waals surface area contributed by atoms with Crippen LogP contribution in [0.2, 0.25) is 0 Å². The van der Waals surface area contributed by atoms with E-state index in [0.29, 0.717) is 29.7 Å². The standard InChI is InChI=1S/C23H25IN2O6/c1-14(5-3-4-6-21(29)26-31)22(19-13-17(24)9-12-20(19)28)32-23(30)25-18-10-7-16(8-11-18)15(2)27/h4,6-14,22,28,31H,3,5H2,1-2H3,(H,25,30)(H,26,29)/b6-4+/t14-,22-/m0/s1. The molecular formula is C23H25IN2O6. The van der Waals surface area contributed by atoms with Gasteiger partial charge in [-0.25, -0.2) is 10.3 Å². The van der Waals surface area contributed by atoms with Crippen molar-refractivity contribution in [2.45, 2.75) is 32.8 Å². The Morgan fingerprint density at radius 3 is 2.47 bits per heavy atom. The average Bonchev–Trinajstić information content (AvgIpc) is 2.76. The second-order valence-electron chi connectivity index (χ2n) is 7.22. The molecule has 2 atom stereocenters. The van der Waals surface area contributed by atoms with Gasteiger partial charge in [0.15, 0.2) is 5.78 Å². The van der Waals surface area contributed by atoms with E-state index in [2.05, 4.69) is 27.9 Å². The summed E-state index contributed by atoms with van der Waals surface area (Å²) in [7, 11) is 0. The fraction of sp³-hybridized carbons (Fsp3) is 0.261. The molecule has 0 heterocycles. The molecule has 4 N–H and O–H groups in total. The van der Waals surface area contributed by atoms with Gasteiger partial charge in [-0.15, -0.1) is 0 Å². The van der Waals surface area contributed by atoms with Gasteiger partial charge < -0.3 is 9.84 Å². The summed E-state index contributed by atoms with van der Waals surface area (Å²) in [5.74, 6) is -0.897. The Bertz CT molecular complexity index is 990. The summed E-state index contributed by atoms with van der Waals surface area (Å²) in [5, 5.41) is 21.5. The van der Waals surface area contributed by atoms with Crippen molar-refractivity contribution in [3.63, 3.8) is 0 Å². The SMILES string of the molecule is CC(=O)c1ccc(NC(=O)O[C@H](c2cc(I)ccc2O)[C@@H](C)CC/C=C/C(=O)NO)cc1. The molecule has 0 aliphatic carbocycles. The van der Waals surface area contributed by atoms with E-state index < -0.39 is 18.1 Å². The van der Waals surface area contributed by atoms with Crippen molar-refractivity contribution in [3.05, 3.63) is 69.3 Å². The van der Waals surface area contributed by atoms with Gasteiger partial charge >= 0.3 is 6.09 Å². The highest BCUT2D eigenvalue weighted by Crippen LogP contribution is 2.36. The summed E-state index contributed by atoms with van der Waals surface area (Å²) in [6.07, 6.45) is 2.40. The van der Waals surface area contributed by atoms with Gasteiger partial charge in [-0.2, -0.15) is 0 Å². The van der Waals surface area contributed by atoms with Gasteiger partial charge in [-0.3, -0.25) is 20.1 Å². The molecule has 9 heteroatoms. The number of hydrogen-bond donors (Lipinski definition) is 4. The van der Waals surface area contributed by atoms with Crippen molar-refractivity contribution >= 4 is 46.1 Å². The van der Waals surface area contributed by atoms with Crippen LogP contribution in [0.5, 0.6) is 5.75 Å². The lowest BCUT2D eigenvalue weighted by Crippen LogP contribution is -2.22. The minimum absolute atomic E-state index is 0.0103. The molecule has 0 radical (unpaired) electrons. The first kappa shape index (κ1) is 25.3. The van der Waals surface area contributed by atoms with Gasteiger partial charge in [-0.1, -0.05) is 13.0 Å². The largest absolute Gasteiger partial charge is 0.508 e. The number of Topliss-reactive ketones (excluding diaryl/α,β-unsaturated/α-hetero) is 1. The predicted octanol–water partition coefficient (Wildman–Crippen LogP) is 4.97. The van der Waals surface area contributed by atoms with Crippen molar-refractivity contribution in [1.82, 2.24) is 5.48 Å². The van der Waals surface area contributed by atoms with E-state index in [0.717, 1.165) is 3.57 Å². The minimum Gasteiger partial charge on any atom is -0.508 e. The van der Waals surface area contributed by atoms with E-state index in [1.807, 2.05) is 6.92 Å². The highest BCUT2D eigenvalue weighted by molar-refractivity contribution is 14.1. The number of carbonyl (C=O) groups excluding carboxylic acids is 3. The fourth-order valence-corrected chi connectivity index (χ4v) is 3.54. The molecule has 32 heavy (non-hydrogen) atoms. The summed E-state index contributed by atoms with van der Waals surface area (Å²) in [6.45, 7) is 3.33. The van der Waals surface area contributed by atoms with Crippen molar-refractivity contribution < 1.29 is 29.4 Å². The summed E-state index contributed by atoms with van der Waals surface area (Å²) in [5.41, 5.74) is 2.99. The van der Waals surface area contributed by atoms with Gasteiger partial charge in [0, 0.05) is 26.5 Å². The zero-order chi connectivity index (χ0) is 23.7. The molecule has 0 fully saturated rings. The molecule has 0 bridgehead atoms. The van der Waals surface area contributed by atoms with Gasteiger partial charge in [0.25, 0.3) is 5.91 Å². The molecule has 0 aliphatic rings. The number of ketones is 1. The van der Waals surface area contributed by atoms with Crippen LogP contribution < -0.4 is 10.8 Å². The minimum atomic E-state index is -0.749. The first-order chi connectivity index (χ1) is 15.2. The van der Waals surface area contributed by atoms with E-state index >= 15 is 0 Å². The molecule has 0 aliphatic heterocycles. The van der Waals surface area contributed by atoms with Gasteiger partial charge in [-0.05, 0) is 90.7 Å². The molecule has 2 aromatic carbocycles. The number of hydroxylamine groups is 1. The third-order valence-corrected chi connectivity index (χ3v) is 5.42. The lowest BCUT2D eigenvalue weighted by molar-refractivity contribution is -0.124. The first-order valence-corrected chi connectivity index (χ1v) is 11.0. The maximum absolute atomic E-state index is 12.6. The zero-order valence-electron chi connectivity index (χ0n) is 17.7.